The van der Waals surface area contributed by atoms with E-state index >= 15 is 0 Å². The van der Waals surface area contributed by atoms with Gasteiger partial charge in [-0.25, -0.2) is 4.68 Å². The van der Waals surface area contributed by atoms with Crippen LogP contribution in [0.2, 0.25) is 0 Å². The van der Waals surface area contributed by atoms with Crippen molar-refractivity contribution in [2.45, 2.75) is 26.3 Å². The molecule has 4 rings (SSSR count). The fourth-order valence-corrected chi connectivity index (χ4v) is 3.60. The molecule has 1 fully saturated rings. The van der Waals surface area contributed by atoms with Crippen molar-refractivity contribution in [3.63, 3.8) is 0 Å². The van der Waals surface area contributed by atoms with Crippen molar-refractivity contribution in [3.8, 4) is 5.69 Å². The van der Waals surface area contributed by atoms with Gasteiger partial charge in [-0.05, 0) is 48.6 Å². The Balaban J connectivity index is 1.34. The van der Waals surface area contributed by atoms with E-state index in [4.69, 9.17) is 0 Å². The first-order valence-electron chi connectivity index (χ1n) is 9.79. The first-order chi connectivity index (χ1) is 13.7. The van der Waals surface area contributed by atoms with Gasteiger partial charge in [-0.2, -0.15) is 0 Å². The molecule has 1 aromatic heterocycles. The minimum atomic E-state index is -0.226. The molecular weight excluding hydrogens is 350 g/mol. The van der Waals surface area contributed by atoms with Crippen LogP contribution in [-0.4, -0.2) is 34.0 Å². The molecule has 1 saturated heterocycles. The van der Waals surface area contributed by atoms with E-state index in [1.165, 1.54) is 18.5 Å². The monoisotopic (exact) mass is 375 g/mol. The number of carbonyl (C=O) groups excluding carboxylic acids is 1. The van der Waals surface area contributed by atoms with Crippen molar-refractivity contribution in [1.29, 1.82) is 0 Å². The quantitative estimate of drug-likeness (QED) is 0.742. The Morgan fingerprint density at radius 1 is 1.11 bits per heavy atom. The van der Waals surface area contributed by atoms with Crippen LogP contribution in [0.5, 0.6) is 0 Å². The van der Waals surface area contributed by atoms with Gasteiger partial charge >= 0.3 is 0 Å². The van der Waals surface area contributed by atoms with Crippen LogP contribution in [0.4, 0.5) is 5.69 Å². The van der Waals surface area contributed by atoms with Crippen LogP contribution in [0.25, 0.3) is 5.69 Å². The summed E-state index contributed by atoms with van der Waals surface area (Å²) < 4.78 is 1.60. The highest BCUT2D eigenvalue weighted by molar-refractivity contribution is 5.91. The second-order valence-corrected chi connectivity index (χ2v) is 7.43. The Morgan fingerprint density at radius 3 is 2.64 bits per heavy atom. The van der Waals surface area contributed by atoms with E-state index < -0.39 is 0 Å². The molecule has 2 heterocycles. The largest absolute Gasteiger partial charge is 0.371 e. The third kappa shape index (κ3) is 4.22. The molecule has 0 bridgehead atoms. The Bertz CT molecular complexity index is 920. The van der Waals surface area contributed by atoms with E-state index in [1.807, 2.05) is 30.3 Å². The van der Waals surface area contributed by atoms with Crippen molar-refractivity contribution in [2.75, 3.05) is 18.0 Å². The molecule has 6 heteroatoms. The standard InChI is InChI=1S/C22H25N5O/c1-17-6-5-13-26(15-17)19-11-9-18(10-12-19)14-23-22(28)21-16-27(25-24-21)20-7-3-2-4-8-20/h2-4,7-12,16-17H,5-6,13-15H2,1H3,(H,23,28). The van der Waals surface area contributed by atoms with Crippen LogP contribution in [0.1, 0.15) is 35.8 Å². The van der Waals surface area contributed by atoms with E-state index in [1.54, 1.807) is 10.9 Å². The third-order valence-electron chi connectivity index (χ3n) is 5.16. The first kappa shape index (κ1) is 18.2. The van der Waals surface area contributed by atoms with Crippen LogP contribution >= 0.6 is 0 Å². The second kappa shape index (κ2) is 8.25. The van der Waals surface area contributed by atoms with Crippen LogP contribution in [0.3, 0.4) is 0 Å². The lowest BCUT2D eigenvalue weighted by atomic mass is 9.99. The summed E-state index contributed by atoms with van der Waals surface area (Å²) in [7, 11) is 0. The van der Waals surface area contributed by atoms with Crippen molar-refractivity contribution < 1.29 is 4.79 Å². The predicted molar refractivity (Wildman–Crippen MR) is 110 cm³/mol. The van der Waals surface area contributed by atoms with E-state index in [0.717, 1.165) is 30.3 Å². The summed E-state index contributed by atoms with van der Waals surface area (Å²) in [6, 6.07) is 18.1. The molecule has 1 aliphatic heterocycles. The number of para-hydroxylation sites is 1. The number of piperidine rings is 1. The number of amides is 1. The molecule has 0 saturated carbocycles. The maximum Gasteiger partial charge on any atom is 0.273 e. The van der Waals surface area contributed by atoms with Crippen LogP contribution < -0.4 is 10.2 Å². The Hall–Kier alpha value is -3.15. The molecule has 0 radical (unpaired) electrons. The van der Waals surface area contributed by atoms with Gasteiger partial charge in [-0.3, -0.25) is 4.79 Å². The molecule has 1 amide bonds. The lowest BCUT2D eigenvalue weighted by molar-refractivity contribution is 0.0946. The average molecular weight is 375 g/mol. The minimum absolute atomic E-state index is 0.226. The SMILES string of the molecule is CC1CCCN(c2ccc(CNC(=O)c3cn(-c4ccccc4)nn3)cc2)C1. The van der Waals surface area contributed by atoms with Crippen LogP contribution in [-0.2, 0) is 6.54 Å². The van der Waals surface area contributed by atoms with E-state index in [2.05, 4.69) is 51.7 Å². The zero-order valence-electron chi connectivity index (χ0n) is 16.1. The summed E-state index contributed by atoms with van der Waals surface area (Å²) in [5.74, 6) is 0.521. The molecule has 3 aromatic rings. The normalized spacial score (nSPS) is 16.8. The van der Waals surface area contributed by atoms with Gasteiger partial charge in [-0.1, -0.05) is 42.5 Å². The van der Waals surface area contributed by atoms with Gasteiger partial charge in [0.15, 0.2) is 5.69 Å². The number of aromatic nitrogens is 3. The minimum Gasteiger partial charge on any atom is -0.371 e. The van der Waals surface area contributed by atoms with Gasteiger partial charge in [0.25, 0.3) is 5.91 Å². The fourth-order valence-electron chi connectivity index (χ4n) is 3.60. The highest BCUT2D eigenvalue weighted by Crippen LogP contribution is 2.23. The highest BCUT2D eigenvalue weighted by Gasteiger charge is 2.16. The van der Waals surface area contributed by atoms with Gasteiger partial charge < -0.3 is 10.2 Å². The van der Waals surface area contributed by atoms with E-state index in [0.29, 0.717) is 12.2 Å². The van der Waals surface area contributed by atoms with Gasteiger partial charge in [0, 0.05) is 25.3 Å². The lowest BCUT2D eigenvalue weighted by Crippen LogP contribution is -2.34. The number of benzene rings is 2. The van der Waals surface area contributed by atoms with Gasteiger partial charge in [0.05, 0.1) is 11.9 Å². The molecule has 6 nitrogen and oxygen atoms in total. The zero-order chi connectivity index (χ0) is 19.3. The molecule has 1 aliphatic rings. The predicted octanol–water partition coefficient (Wildman–Crippen LogP) is 3.43. The summed E-state index contributed by atoms with van der Waals surface area (Å²) in [6.45, 7) is 5.02. The fraction of sp³-hybridized carbons (Fsp3) is 0.318. The summed E-state index contributed by atoms with van der Waals surface area (Å²) >= 11 is 0. The average Bonchev–Trinajstić information content (AvgIpc) is 3.23. The second-order valence-electron chi connectivity index (χ2n) is 7.43. The number of rotatable bonds is 5. The summed E-state index contributed by atoms with van der Waals surface area (Å²) in [5.41, 5.74) is 3.50. The van der Waals surface area contributed by atoms with E-state index in [9.17, 15) is 4.79 Å². The lowest BCUT2D eigenvalue weighted by Gasteiger charge is -2.32. The molecule has 0 spiro atoms. The molecular formula is C22H25N5O. The Morgan fingerprint density at radius 2 is 1.89 bits per heavy atom. The smallest absolute Gasteiger partial charge is 0.273 e. The summed E-state index contributed by atoms with van der Waals surface area (Å²) in [5, 5.41) is 10.9. The highest BCUT2D eigenvalue weighted by atomic mass is 16.2. The van der Waals surface area contributed by atoms with Gasteiger partial charge in [0.1, 0.15) is 0 Å². The van der Waals surface area contributed by atoms with Crippen molar-refractivity contribution in [1.82, 2.24) is 20.3 Å². The molecule has 1 N–H and O–H groups in total. The summed E-state index contributed by atoms with van der Waals surface area (Å²) in [6.07, 6.45) is 4.21. The van der Waals surface area contributed by atoms with E-state index in [-0.39, 0.29) is 5.91 Å². The van der Waals surface area contributed by atoms with Gasteiger partial charge in [0.2, 0.25) is 0 Å². The molecule has 28 heavy (non-hydrogen) atoms. The van der Waals surface area contributed by atoms with Crippen LogP contribution in [0, 0.1) is 5.92 Å². The summed E-state index contributed by atoms with van der Waals surface area (Å²) in [4.78, 5) is 14.8. The molecule has 1 unspecified atom stereocenters. The molecule has 0 aliphatic carbocycles. The van der Waals surface area contributed by atoms with Gasteiger partial charge in [-0.15, -0.1) is 5.10 Å². The van der Waals surface area contributed by atoms with Crippen molar-refractivity contribution in [3.05, 3.63) is 72.1 Å². The topological polar surface area (TPSA) is 63.1 Å². The number of hydrogen-bond acceptors (Lipinski definition) is 4. The number of hydrogen-bond donors (Lipinski definition) is 1. The van der Waals surface area contributed by atoms with Crippen LogP contribution in [0.15, 0.2) is 60.8 Å². The number of anilines is 1. The zero-order valence-corrected chi connectivity index (χ0v) is 16.1. The number of nitrogens with one attached hydrogen (secondary N) is 1. The number of nitrogens with zero attached hydrogens (tertiary/aromatic N) is 4. The Labute approximate surface area is 165 Å². The van der Waals surface area contributed by atoms with Crippen molar-refractivity contribution in [2.24, 2.45) is 5.92 Å². The first-order valence-corrected chi connectivity index (χ1v) is 9.79. The maximum atomic E-state index is 12.4. The molecule has 2 aromatic carbocycles. The molecule has 1 atom stereocenters. The molecule has 144 valence electrons. The third-order valence-corrected chi connectivity index (χ3v) is 5.16. The number of carbonyl (C=O) groups is 1. The Kier molecular flexibility index (Phi) is 5.37. The van der Waals surface area contributed by atoms with Crippen molar-refractivity contribution >= 4 is 11.6 Å². The maximum absolute atomic E-state index is 12.4.